The molecular formula is C11H14N2O4. The van der Waals surface area contributed by atoms with Gasteiger partial charge in [-0.05, 0) is 18.1 Å². The van der Waals surface area contributed by atoms with Gasteiger partial charge in [-0.1, -0.05) is 13.8 Å². The first kappa shape index (κ1) is 13.0. The largest absolute Gasteiger partial charge is 0.480 e. The van der Waals surface area contributed by atoms with E-state index in [2.05, 4.69) is 10.3 Å². The number of aromatic carboxylic acids is 1. The molecule has 17 heavy (non-hydrogen) atoms. The quantitative estimate of drug-likeness (QED) is 0.715. The summed E-state index contributed by atoms with van der Waals surface area (Å²) >= 11 is 0. The van der Waals surface area contributed by atoms with Crippen molar-refractivity contribution in [2.24, 2.45) is 5.92 Å². The number of pyridine rings is 1. The number of aromatic nitrogens is 1. The summed E-state index contributed by atoms with van der Waals surface area (Å²) in [7, 11) is 0. The Kier molecular flexibility index (Phi) is 4.03. The summed E-state index contributed by atoms with van der Waals surface area (Å²) in [4.78, 5) is 25.8. The van der Waals surface area contributed by atoms with E-state index in [1.165, 1.54) is 18.3 Å². The van der Waals surface area contributed by atoms with Crippen molar-refractivity contribution < 1.29 is 19.8 Å². The Morgan fingerprint density at radius 3 is 2.47 bits per heavy atom. The standard InChI is InChI=1S/C11H14N2O4/c1-6(2)8(11(16)17)13-9-7(10(14)15)4-3-5-12-9/h3-6,8H,1-2H3,(H,12,13)(H,14,15)(H,16,17). The zero-order chi connectivity index (χ0) is 13.0. The second-order valence-corrected chi connectivity index (χ2v) is 3.91. The third-order valence-corrected chi connectivity index (χ3v) is 2.26. The van der Waals surface area contributed by atoms with Gasteiger partial charge in [-0.25, -0.2) is 14.6 Å². The molecule has 6 nitrogen and oxygen atoms in total. The first-order chi connectivity index (χ1) is 7.93. The molecule has 0 saturated carbocycles. The van der Waals surface area contributed by atoms with Gasteiger partial charge in [0.1, 0.15) is 17.4 Å². The van der Waals surface area contributed by atoms with Crippen molar-refractivity contribution >= 4 is 17.8 Å². The van der Waals surface area contributed by atoms with Crippen molar-refractivity contribution in [2.75, 3.05) is 5.32 Å². The highest BCUT2D eigenvalue weighted by molar-refractivity contribution is 5.93. The molecule has 0 bridgehead atoms. The van der Waals surface area contributed by atoms with Crippen LogP contribution in [0.25, 0.3) is 0 Å². The number of carboxylic acids is 2. The summed E-state index contributed by atoms with van der Waals surface area (Å²) in [5, 5.41) is 20.6. The lowest BCUT2D eigenvalue weighted by molar-refractivity contribution is -0.138. The van der Waals surface area contributed by atoms with Crippen LogP contribution in [0, 0.1) is 5.92 Å². The van der Waals surface area contributed by atoms with E-state index in [-0.39, 0.29) is 17.3 Å². The molecular weight excluding hydrogens is 224 g/mol. The fourth-order valence-electron chi connectivity index (χ4n) is 1.35. The molecule has 1 unspecified atom stereocenters. The third-order valence-electron chi connectivity index (χ3n) is 2.26. The number of nitrogens with zero attached hydrogens (tertiary/aromatic N) is 1. The summed E-state index contributed by atoms with van der Waals surface area (Å²) < 4.78 is 0. The molecule has 92 valence electrons. The fraction of sp³-hybridized carbons (Fsp3) is 0.364. The fourth-order valence-corrected chi connectivity index (χ4v) is 1.35. The molecule has 0 radical (unpaired) electrons. The molecule has 1 aromatic heterocycles. The normalized spacial score (nSPS) is 12.2. The molecule has 1 aromatic rings. The Balaban J connectivity index is 3.01. The zero-order valence-corrected chi connectivity index (χ0v) is 9.54. The van der Waals surface area contributed by atoms with Crippen LogP contribution in [0.4, 0.5) is 5.82 Å². The van der Waals surface area contributed by atoms with E-state index in [9.17, 15) is 9.59 Å². The number of anilines is 1. The van der Waals surface area contributed by atoms with E-state index < -0.39 is 18.0 Å². The number of aliphatic carboxylic acids is 1. The molecule has 0 aliphatic rings. The van der Waals surface area contributed by atoms with Crippen LogP contribution in [-0.2, 0) is 4.79 Å². The number of hydrogen-bond donors (Lipinski definition) is 3. The molecule has 0 aliphatic heterocycles. The first-order valence-corrected chi connectivity index (χ1v) is 5.11. The molecule has 1 heterocycles. The van der Waals surface area contributed by atoms with Crippen molar-refractivity contribution in [2.45, 2.75) is 19.9 Å². The lowest BCUT2D eigenvalue weighted by Crippen LogP contribution is -2.35. The van der Waals surface area contributed by atoms with Gasteiger partial charge in [0.15, 0.2) is 0 Å². The topological polar surface area (TPSA) is 99.5 Å². The van der Waals surface area contributed by atoms with Crippen LogP contribution in [0.15, 0.2) is 18.3 Å². The predicted octanol–water partition coefficient (Wildman–Crippen LogP) is 1.30. The van der Waals surface area contributed by atoms with Gasteiger partial charge in [0.05, 0.1) is 0 Å². The minimum Gasteiger partial charge on any atom is -0.480 e. The summed E-state index contributed by atoms with van der Waals surface area (Å²) in [6.45, 7) is 3.46. The minimum absolute atomic E-state index is 0.0422. The number of carboxylic acid groups (broad SMARTS) is 2. The van der Waals surface area contributed by atoms with E-state index in [0.717, 1.165) is 0 Å². The lowest BCUT2D eigenvalue weighted by Gasteiger charge is -2.19. The maximum atomic E-state index is 11.0. The van der Waals surface area contributed by atoms with Gasteiger partial charge in [0.25, 0.3) is 0 Å². The van der Waals surface area contributed by atoms with Crippen molar-refractivity contribution in [1.29, 1.82) is 0 Å². The Morgan fingerprint density at radius 1 is 1.35 bits per heavy atom. The first-order valence-electron chi connectivity index (χ1n) is 5.11. The van der Waals surface area contributed by atoms with Crippen LogP contribution in [0.3, 0.4) is 0 Å². The van der Waals surface area contributed by atoms with E-state index in [1.807, 2.05) is 0 Å². The minimum atomic E-state index is -1.14. The highest BCUT2D eigenvalue weighted by Gasteiger charge is 2.23. The maximum Gasteiger partial charge on any atom is 0.339 e. The van der Waals surface area contributed by atoms with Gasteiger partial charge < -0.3 is 15.5 Å². The maximum absolute atomic E-state index is 11.0. The van der Waals surface area contributed by atoms with Crippen LogP contribution >= 0.6 is 0 Å². The third kappa shape index (κ3) is 3.17. The van der Waals surface area contributed by atoms with Gasteiger partial charge in [-0.2, -0.15) is 0 Å². The molecule has 6 heteroatoms. The van der Waals surface area contributed by atoms with E-state index >= 15 is 0 Å². The van der Waals surface area contributed by atoms with Gasteiger partial charge in [0, 0.05) is 6.20 Å². The number of carbonyl (C=O) groups is 2. The second kappa shape index (κ2) is 5.29. The average Bonchev–Trinajstić information content (AvgIpc) is 2.25. The Labute approximate surface area is 98.3 Å². The Hall–Kier alpha value is -2.11. The summed E-state index contributed by atoms with van der Waals surface area (Å²) in [5.41, 5.74) is -0.0422. The highest BCUT2D eigenvalue weighted by atomic mass is 16.4. The average molecular weight is 238 g/mol. The van der Waals surface area contributed by atoms with Gasteiger partial charge in [-0.15, -0.1) is 0 Å². The van der Waals surface area contributed by atoms with Crippen LogP contribution in [-0.4, -0.2) is 33.2 Å². The van der Waals surface area contributed by atoms with Crippen molar-refractivity contribution in [3.8, 4) is 0 Å². The summed E-state index contributed by atoms with van der Waals surface area (Å²) in [6.07, 6.45) is 1.41. The summed E-state index contributed by atoms with van der Waals surface area (Å²) in [6, 6.07) is 1.99. The van der Waals surface area contributed by atoms with Crippen LogP contribution in [0.2, 0.25) is 0 Å². The lowest BCUT2D eigenvalue weighted by atomic mass is 10.0. The highest BCUT2D eigenvalue weighted by Crippen LogP contribution is 2.15. The number of hydrogen-bond acceptors (Lipinski definition) is 4. The van der Waals surface area contributed by atoms with Crippen LogP contribution in [0.1, 0.15) is 24.2 Å². The van der Waals surface area contributed by atoms with E-state index in [4.69, 9.17) is 10.2 Å². The SMILES string of the molecule is CC(C)C(Nc1ncccc1C(=O)O)C(=O)O. The molecule has 1 rings (SSSR count). The van der Waals surface area contributed by atoms with Crippen LogP contribution in [0.5, 0.6) is 0 Å². The second-order valence-electron chi connectivity index (χ2n) is 3.91. The van der Waals surface area contributed by atoms with Gasteiger partial charge in [-0.3, -0.25) is 0 Å². The molecule has 0 aromatic carbocycles. The van der Waals surface area contributed by atoms with E-state index in [1.54, 1.807) is 13.8 Å². The van der Waals surface area contributed by atoms with Crippen LogP contribution < -0.4 is 5.32 Å². The molecule has 0 spiro atoms. The van der Waals surface area contributed by atoms with Gasteiger partial charge >= 0.3 is 11.9 Å². The number of nitrogens with one attached hydrogen (secondary N) is 1. The molecule has 1 atom stereocenters. The van der Waals surface area contributed by atoms with Crippen molar-refractivity contribution in [3.05, 3.63) is 23.9 Å². The molecule has 3 N–H and O–H groups in total. The molecule has 0 aliphatic carbocycles. The van der Waals surface area contributed by atoms with E-state index in [0.29, 0.717) is 0 Å². The predicted molar refractivity (Wildman–Crippen MR) is 61.1 cm³/mol. The molecule has 0 fully saturated rings. The van der Waals surface area contributed by atoms with Gasteiger partial charge in [0.2, 0.25) is 0 Å². The van der Waals surface area contributed by atoms with Crippen molar-refractivity contribution in [3.63, 3.8) is 0 Å². The monoisotopic (exact) mass is 238 g/mol. The number of rotatable bonds is 5. The summed E-state index contributed by atoms with van der Waals surface area (Å²) in [5.74, 6) is -2.30. The zero-order valence-electron chi connectivity index (χ0n) is 9.54. The molecule has 0 amide bonds. The van der Waals surface area contributed by atoms with Crippen molar-refractivity contribution in [1.82, 2.24) is 4.98 Å². The Morgan fingerprint density at radius 2 is 2.00 bits per heavy atom. The smallest absolute Gasteiger partial charge is 0.339 e. The Bertz CT molecular complexity index is 431. The molecule has 0 saturated heterocycles.